The summed E-state index contributed by atoms with van der Waals surface area (Å²) in [5.74, 6) is -0.0391. The third-order valence-electron chi connectivity index (χ3n) is 5.86. The summed E-state index contributed by atoms with van der Waals surface area (Å²) in [4.78, 5) is 25.1. The average Bonchev–Trinajstić information content (AvgIpc) is 3.65. The number of aromatic nitrogens is 3. The zero-order valence-electron chi connectivity index (χ0n) is 21.5. The van der Waals surface area contributed by atoms with Gasteiger partial charge in [0.15, 0.2) is 6.04 Å². The molecule has 2 aromatic heterocycles. The fraction of sp³-hybridized carbons (Fsp3) is 0.231. The van der Waals surface area contributed by atoms with Crippen LogP contribution in [0.4, 0.5) is 0 Å². The number of nitrogens with one attached hydrogen (secondary N) is 2. The SMILES string of the molecule is CNC(=O)c1cccc(-c2ccc(S(=O)(=O)NCc3cn([C@@H](Cc4ccc(OC)cc4)C(=O)OC)nn3)s2)c1. The molecule has 0 spiro atoms. The minimum absolute atomic E-state index is 0.113. The van der Waals surface area contributed by atoms with Gasteiger partial charge in [-0.05, 0) is 47.5 Å². The van der Waals surface area contributed by atoms with Crippen molar-refractivity contribution in [3.8, 4) is 16.2 Å². The maximum atomic E-state index is 13.0. The highest BCUT2D eigenvalue weighted by molar-refractivity contribution is 7.91. The van der Waals surface area contributed by atoms with Crippen LogP contribution in [0, 0.1) is 0 Å². The van der Waals surface area contributed by atoms with E-state index in [0.29, 0.717) is 28.3 Å². The smallest absolute Gasteiger partial charge is 0.331 e. The summed E-state index contributed by atoms with van der Waals surface area (Å²) >= 11 is 1.08. The van der Waals surface area contributed by atoms with E-state index in [1.54, 1.807) is 50.6 Å². The molecule has 13 heteroatoms. The summed E-state index contributed by atoms with van der Waals surface area (Å²) in [7, 11) is 0.555. The van der Waals surface area contributed by atoms with Crippen LogP contribution < -0.4 is 14.8 Å². The van der Waals surface area contributed by atoms with Crippen LogP contribution in [0.15, 0.2) is 71.1 Å². The van der Waals surface area contributed by atoms with E-state index in [9.17, 15) is 18.0 Å². The maximum Gasteiger partial charge on any atom is 0.331 e. The number of hydrogen-bond acceptors (Lipinski definition) is 9. The molecule has 0 aliphatic rings. The van der Waals surface area contributed by atoms with Gasteiger partial charge in [-0.2, -0.15) is 0 Å². The highest BCUT2D eigenvalue weighted by atomic mass is 32.2. The fourth-order valence-electron chi connectivity index (χ4n) is 3.77. The number of rotatable bonds is 11. The van der Waals surface area contributed by atoms with Crippen LogP contribution in [-0.2, 0) is 32.5 Å². The molecular formula is C26H27N5O6S2. The number of methoxy groups -OCH3 is 2. The van der Waals surface area contributed by atoms with Gasteiger partial charge in [0.25, 0.3) is 5.91 Å². The summed E-state index contributed by atoms with van der Waals surface area (Å²) in [6.07, 6.45) is 1.81. The van der Waals surface area contributed by atoms with Crippen molar-refractivity contribution in [2.75, 3.05) is 21.3 Å². The van der Waals surface area contributed by atoms with E-state index in [0.717, 1.165) is 22.5 Å². The molecule has 0 bridgehead atoms. The van der Waals surface area contributed by atoms with E-state index in [1.807, 2.05) is 18.2 Å². The maximum absolute atomic E-state index is 13.0. The lowest BCUT2D eigenvalue weighted by atomic mass is 10.1. The van der Waals surface area contributed by atoms with Crippen LogP contribution in [0.5, 0.6) is 5.75 Å². The van der Waals surface area contributed by atoms with Gasteiger partial charge in [0.1, 0.15) is 9.96 Å². The molecule has 2 heterocycles. The Hall–Kier alpha value is -4.07. The second-order valence-electron chi connectivity index (χ2n) is 8.38. The molecule has 0 fully saturated rings. The topological polar surface area (TPSA) is 142 Å². The highest BCUT2D eigenvalue weighted by Gasteiger charge is 2.24. The Bertz CT molecular complexity index is 1560. The van der Waals surface area contributed by atoms with Crippen molar-refractivity contribution < 1.29 is 27.5 Å². The van der Waals surface area contributed by atoms with Gasteiger partial charge in [-0.15, -0.1) is 16.4 Å². The number of sulfonamides is 1. The lowest BCUT2D eigenvalue weighted by molar-refractivity contribution is -0.144. The number of hydrogen-bond donors (Lipinski definition) is 2. The van der Waals surface area contributed by atoms with Crippen LogP contribution in [0.1, 0.15) is 27.7 Å². The van der Waals surface area contributed by atoms with Gasteiger partial charge in [0.05, 0.1) is 32.7 Å². The first kappa shape index (κ1) is 28.0. The average molecular weight is 570 g/mol. The molecule has 4 aromatic rings. The first-order valence-electron chi connectivity index (χ1n) is 11.8. The third-order valence-corrected chi connectivity index (χ3v) is 8.89. The van der Waals surface area contributed by atoms with E-state index in [-0.39, 0.29) is 16.7 Å². The summed E-state index contributed by atoms with van der Waals surface area (Å²) in [5, 5.41) is 10.6. The number of ether oxygens (including phenoxy) is 2. The molecule has 0 saturated carbocycles. The quantitative estimate of drug-likeness (QED) is 0.263. The van der Waals surface area contributed by atoms with Crippen LogP contribution >= 0.6 is 11.3 Å². The summed E-state index contributed by atoms with van der Waals surface area (Å²) < 4.78 is 40.0. The second-order valence-corrected chi connectivity index (χ2v) is 11.5. The number of amides is 1. The summed E-state index contributed by atoms with van der Waals surface area (Å²) in [5.41, 5.74) is 2.40. The van der Waals surface area contributed by atoms with Crippen LogP contribution in [0.25, 0.3) is 10.4 Å². The molecular weight excluding hydrogens is 542 g/mol. The van der Waals surface area contributed by atoms with Crippen LogP contribution in [0.3, 0.4) is 0 Å². The predicted octanol–water partition coefficient (Wildman–Crippen LogP) is 2.81. The molecule has 0 aliphatic carbocycles. The Morgan fingerprint density at radius 1 is 1.08 bits per heavy atom. The molecule has 4 rings (SSSR count). The first-order chi connectivity index (χ1) is 18.7. The van der Waals surface area contributed by atoms with Gasteiger partial charge >= 0.3 is 5.97 Å². The fourth-order valence-corrected chi connectivity index (χ4v) is 6.12. The van der Waals surface area contributed by atoms with Gasteiger partial charge in [-0.3, -0.25) is 4.79 Å². The molecule has 39 heavy (non-hydrogen) atoms. The molecule has 0 aliphatic heterocycles. The molecule has 204 valence electrons. The van der Waals surface area contributed by atoms with Gasteiger partial charge in [-0.1, -0.05) is 29.5 Å². The van der Waals surface area contributed by atoms with Crippen molar-refractivity contribution in [3.63, 3.8) is 0 Å². The van der Waals surface area contributed by atoms with E-state index in [2.05, 4.69) is 20.4 Å². The van der Waals surface area contributed by atoms with Crippen molar-refractivity contribution in [2.24, 2.45) is 0 Å². The summed E-state index contributed by atoms with van der Waals surface area (Å²) in [6.45, 7) is -0.127. The molecule has 11 nitrogen and oxygen atoms in total. The monoisotopic (exact) mass is 569 g/mol. The van der Waals surface area contributed by atoms with Crippen molar-refractivity contribution in [1.82, 2.24) is 25.0 Å². The molecule has 0 saturated heterocycles. The largest absolute Gasteiger partial charge is 0.497 e. The molecule has 0 unspecified atom stereocenters. The molecule has 1 atom stereocenters. The first-order valence-corrected chi connectivity index (χ1v) is 14.1. The normalized spacial score (nSPS) is 12.1. The van der Waals surface area contributed by atoms with Gasteiger partial charge in [0.2, 0.25) is 10.0 Å². The molecule has 0 radical (unpaired) electrons. The lowest BCUT2D eigenvalue weighted by Gasteiger charge is -2.14. The Balaban J connectivity index is 1.45. The molecule has 2 aromatic carbocycles. The second kappa shape index (κ2) is 12.2. The molecule has 2 N–H and O–H groups in total. The lowest BCUT2D eigenvalue weighted by Crippen LogP contribution is -2.24. The van der Waals surface area contributed by atoms with Crippen LogP contribution in [0.2, 0.25) is 0 Å². The van der Waals surface area contributed by atoms with Gasteiger partial charge < -0.3 is 14.8 Å². The Morgan fingerprint density at radius 3 is 2.54 bits per heavy atom. The number of esters is 1. The number of carbonyl (C=O) groups is 2. The van der Waals surface area contributed by atoms with E-state index >= 15 is 0 Å². The van der Waals surface area contributed by atoms with Gasteiger partial charge in [-0.25, -0.2) is 22.6 Å². The zero-order valence-corrected chi connectivity index (χ0v) is 23.1. The summed E-state index contributed by atoms with van der Waals surface area (Å²) in [6, 6.07) is 16.6. The number of carbonyl (C=O) groups excluding carboxylic acids is 2. The standard InChI is InChI=1S/C26H27N5O6S2/c1-27-25(32)19-6-4-5-18(14-19)23-11-12-24(38-23)39(34,35)28-15-20-16-31(30-29-20)22(26(33)37-3)13-17-7-9-21(36-2)10-8-17/h4-12,14,16,22,28H,13,15H2,1-3H3,(H,27,32)/t22-/m0/s1. The van der Waals surface area contributed by atoms with E-state index < -0.39 is 22.0 Å². The van der Waals surface area contributed by atoms with Crippen molar-refractivity contribution in [1.29, 1.82) is 0 Å². The van der Waals surface area contributed by atoms with Crippen molar-refractivity contribution >= 4 is 33.2 Å². The van der Waals surface area contributed by atoms with Gasteiger partial charge in [0, 0.05) is 23.9 Å². The number of nitrogens with zero attached hydrogens (tertiary/aromatic N) is 3. The number of benzene rings is 2. The van der Waals surface area contributed by atoms with Crippen molar-refractivity contribution in [3.05, 3.63) is 83.7 Å². The van der Waals surface area contributed by atoms with E-state index in [1.165, 1.54) is 24.1 Å². The zero-order chi connectivity index (χ0) is 28.0. The third kappa shape index (κ3) is 6.69. The Kier molecular flexibility index (Phi) is 8.74. The number of thiophene rings is 1. The van der Waals surface area contributed by atoms with Crippen molar-refractivity contribution in [2.45, 2.75) is 23.2 Å². The highest BCUT2D eigenvalue weighted by Crippen LogP contribution is 2.31. The minimum atomic E-state index is -3.86. The van der Waals surface area contributed by atoms with E-state index in [4.69, 9.17) is 9.47 Å². The Morgan fingerprint density at radius 2 is 1.85 bits per heavy atom. The predicted molar refractivity (Wildman–Crippen MR) is 145 cm³/mol. The van der Waals surface area contributed by atoms with Crippen LogP contribution in [-0.4, -0.2) is 56.6 Å². The Labute approximate surface area is 229 Å². The molecule has 1 amide bonds. The minimum Gasteiger partial charge on any atom is -0.497 e.